The topological polar surface area (TPSA) is 61.4 Å². The van der Waals surface area contributed by atoms with Crippen molar-refractivity contribution in [3.8, 4) is 0 Å². The van der Waals surface area contributed by atoms with Gasteiger partial charge >= 0.3 is 0 Å². The molecule has 2 aliphatic heterocycles. The first-order valence-corrected chi connectivity index (χ1v) is 6.38. The van der Waals surface area contributed by atoms with Gasteiger partial charge in [0.2, 0.25) is 11.8 Å². The normalized spacial score (nSPS) is 31.4. The van der Waals surface area contributed by atoms with Gasteiger partial charge in [-0.3, -0.25) is 9.59 Å². The maximum absolute atomic E-state index is 12.0. The summed E-state index contributed by atoms with van der Waals surface area (Å²) >= 11 is 0. The van der Waals surface area contributed by atoms with Crippen molar-refractivity contribution in [2.75, 3.05) is 26.2 Å². The Morgan fingerprint density at radius 1 is 1.41 bits per heavy atom. The standard InChI is InChI=1S/C12H21N3O2/c1-3-11-10-5-13-4-9(10)7-15(11)12(17)6-14-8(2)16/h9-11,13H,3-7H2,1-2H3,(H,14,16). The second kappa shape index (κ2) is 5.04. The minimum Gasteiger partial charge on any atom is -0.347 e. The molecule has 17 heavy (non-hydrogen) atoms. The first-order valence-electron chi connectivity index (χ1n) is 6.38. The van der Waals surface area contributed by atoms with E-state index >= 15 is 0 Å². The molecule has 96 valence electrons. The summed E-state index contributed by atoms with van der Waals surface area (Å²) in [5.74, 6) is 1.11. The molecular formula is C12H21N3O2. The van der Waals surface area contributed by atoms with Gasteiger partial charge in [-0.15, -0.1) is 0 Å². The lowest BCUT2D eigenvalue weighted by molar-refractivity contribution is -0.133. The molecule has 0 radical (unpaired) electrons. The number of rotatable bonds is 3. The molecule has 2 fully saturated rings. The van der Waals surface area contributed by atoms with E-state index in [1.165, 1.54) is 6.92 Å². The first-order chi connectivity index (χ1) is 8.13. The SMILES string of the molecule is CCC1C2CNCC2CN1C(=O)CNC(C)=O. The van der Waals surface area contributed by atoms with Crippen molar-refractivity contribution in [3.63, 3.8) is 0 Å². The third-order valence-corrected chi connectivity index (χ3v) is 3.95. The van der Waals surface area contributed by atoms with Crippen LogP contribution in [0.4, 0.5) is 0 Å². The van der Waals surface area contributed by atoms with Crippen LogP contribution in [0, 0.1) is 11.8 Å². The van der Waals surface area contributed by atoms with Gasteiger partial charge in [0.25, 0.3) is 0 Å². The van der Waals surface area contributed by atoms with E-state index in [2.05, 4.69) is 17.6 Å². The molecule has 0 bridgehead atoms. The number of hydrogen-bond acceptors (Lipinski definition) is 3. The number of nitrogens with zero attached hydrogens (tertiary/aromatic N) is 1. The zero-order chi connectivity index (χ0) is 12.4. The second-order valence-corrected chi connectivity index (χ2v) is 5.01. The Hall–Kier alpha value is -1.10. The van der Waals surface area contributed by atoms with Gasteiger partial charge in [0, 0.05) is 32.6 Å². The number of fused-ring (bicyclic) bond motifs is 1. The maximum atomic E-state index is 12.0. The smallest absolute Gasteiger partial charge is 0.242 e. The third kappa shape index (κ3) is 2.44. The van der Waals surface area contributed by atoms with E-state index in [0.717, 1.165) is 26.1 Å². The number of hydrogen-bond donors (Lipinski definition) is 2. The summed E-state index contributed by atoms with van der Waals surface area (Å²) in [6, 6.07) is 0.344. The second-order valence-electron chi connectivity index (χ2n) is 5.01. The Morgan fingerprint density at radius 2 is 2.18 bits per heavy atom. The lowest BCUT2D eigenvalue weighted by Crippen LogP contribution is -2.44. The van der Waals surface area contributed by atoms with E-state index in [0.29, 0.717) is 17.9 Å². The van der Waals surface area contributed by atoms with E-state index in [9.17, 15) is 9.59 Å². The largest absolute Gasteiger partial charge is 0.347 e. The minimum absolute atomic E-state index is 0.0569. The van der Waals surface area contributed by atoms with Gasteiger partial charge in [0.05, 0.1) is 6.54 Å². The summed E-state index contributed by atoms with van der Waals surface area (Å²) < 4.78 is 0. The van der Waals surface area contributed by atoms with Crippen LogP contribution in [0.5, 0.6) is 0 Å². The molecule has 2 N–H and O–H groups in total. The molecule has 2 aliphatic rings. The number of carbonyl (C=O) groups is 2. The molecule has 0 saturated carbocycles. The first kappa shape index (κ1) is 12.4. The lowest BCUT2D eigenvalue weighted by Gasteiger charge is -2.27. The van der Waals surface area contributed by atoms with Crippen LogP contribution in [0.3, 0.4) is 0 Å². The van der Waals surface area contributed by atoms with E-state index in [4.69, 9.17) is 0 Å². The van der Waals surface area contributed by atoms with Crippen molar-refractivity contribution < 1.29 is 9.59 Å². The molecular weight excluding hydrogens is 218 g/mol. The molecule has 0 spiro atoms. The highest BCUT2D eigenvalue weighted by Crippen LogP contribution is 2.34. The number of likely N-dealkylation sites (tertiary alicyclic amines) is 1. The predicted octanol–water partition coefficient (Wildman–Crippen LogP) is -0.421. The van der Waals surface area contributed by atoms with Gasteiger partial charge in [-0.05, 0) is 18.3 Å². The molecule has 2 rings (SSSR count). The van der Waals surface area contributed by atoms with E-state index in [-0.39, 0.29) is 18.4 Å². The van der Waals surface area contributed by atoms with Crippen LogP contribution in [-0.4, -0.2) is 48.9 Å². The van der Waals surface area contributed by atoms with Gasteiger partial charge in [0.1, 0.15) is 0 Å². The van der Waals surface area contributed by atoms with Crippen LogP contribution in [0.1, 0.15) is 20.3 Å². The number of nitrogens with one attached hydrogen (secondary N) is 2. The van der Waals surface area contributed by atoms with Gasteiger partial charge in [-0.25, -0.2) is 0 Å². The maximum Gasteiger partial charge on any atom is 0.242 e. The zero-order valence-corrected chi connectivity index (χ0v) is 10.5. The van der Waals surface area contributed by atoms with Crippen molar-refractivity contribution in [3.05, 3.63) is 0 Å². The quantitative estimate of drug-likeness (QED) is 0.703. The predicted molar refractivity (Wildman–Crippen MR) is 64.3 cm³/mol. The summed E-state index contributed by atoms with van der Waals surface area (Å²) in [5, 5.41) is 5.98. The van der Waals surface area contributed by atoms with Crippen molar-refractivity contribution in [2.24, 2.45) is 11.8 Å². The summed E-state index contributed by atoms with van der Waals surface area (Å²) in [4.78, 5) is 24.8. The molecule has 3 unspecified atom stereocenters. The fourth-order valence-corrected chi connectivity index (χ4v) is 3.13. The van der Waals surface area contributed by atoms with Crippen molar-refractivity contribution in [1.82, 2.24) is 15.5 Å². The minimum atomic E-state index is -0.146. The van der Waals surface area contributed by atoms with Crippen LogP contribution in [-0.2, 0) is 9.59 Å². The molecule has 0 aromatic carbocycles. The molecule has 5 nitrogen and oxygen atoms in total. The fraction of sp³-hybridized carbons (Fsp3) is 0.833. The number of carbonyl (C=O) groups excluding carboxylic acids is 2. The Morgan fingerprint density at radius 3 is 2.82 bits per heavy atom. The Kier molecular flexibility index (Phi) is 3.66. The zero-order valence-electron chi connectivity index (χ0n) is 10.5. The van der Waals surface area contributed by atoms with E-state index in [1.807, 2.05) is 4.90 Å². The molecule has 2 amide bonds. The van der Waals surface area contributed by atoms with Gasteiger partial charge < -0.3 is 15.5 Å². The lowest BCUT2D eigenvalue weighted by atomic mass is 9.93. The molecule has 0 aromatic rings. The molecule has 5 heteroatoms. The number of amides is 2. The summed E-state index contributed by atoms with van der Waals surface area (Å²) in [6.07, 6.45) is 0.995. The van der Waals surface area contributed by atoms with E-state index < -0.39 is 0 Å². The average molecular weight is 239 g/mol. The summed E-state index contributed by atoms with van der Waals surface area (Å²) in [6.45, 7) is 6.59. The highest BCUT2D eigenvalue weighted by atomic mass is 16.2. The fourth-order valence-electron chi connectivity index (χ4n) is 3.13. The summed E-state index contributed by atoms with van der Waals surface area (Å²) in [7, 11) is 0. The highest BCUT2D eigenvalue weighted by molar-refractivity contribution is 5.84. The summed E-state index contributed by atoms with van der Waals surface area (Å²) in [5.41, 5.74) is 0. The van der Waals surface area contributed by atoms with Crippen LogP contribution in [0.15, 0.2) is 0 Å². The van der Waals surface area contributed by atoms with Gasteiger partial charge in [0.15, 0.2) is 0 Å². The van der Waals surface area contributed by atoms with Gasteiger partial charge in [-0.1, -0.05) is 6.92 Å². The highest BCUT2D eigenvalue weighted by Gasteiger charge is 2.44. The molecule has 2 heterocycles. The Bertz CT molecular complexity index is 319. The molecule has 3 atom stereocenters. The van der Waals surface area contributed by atoms with Crippen LogP contribution in [0.25, 0.3) is 0 Å². The molecule has 2 saturated heterocycles. The van der Waals surface area contributed by atoms with Crippen LogP contribution < -0.4 is 10.6 Å². The Labute approximate surface area is 102 Å². The Balaban J connectivity index is 1.96. The van der Waals surface area contributed by atoms with Crippen molar-refractivity contribution in [1.29, 1.82) is 0 Å². The van der Waals surface area contributed by atoms with Gasteiger partial charge in [-0.2, -0.15) is 0 Å². The van der Waals surface area contributed by atoms with E-state index in [1.54, 1.807) is 0 Å². The van der Waals surface area contributed by atoms with Crippen LogP contribution in [0.2, 0.25) is 0 Å². The van der Waals surface area contributed by atoms with Crippen LogP contribution >= 0.6 is 0 Å². The van der Waals surface area contributed by atoms with Crippen molar-refractivity contribution in [2.45, 2.75) is 26.3 Å². The monoisotopic (exact) mass is 239 g/mol. The molecule has 0 aliphatic carbocycles. The van der Waals surface area contributed by atoms with Crippen molar-refractivity contribution >= 4 is 11.8 Å². The third-order valence-electron chi connectivity index (χ3n) is 3.95. The average Bonchev–Trinajstić information content (AvgIpc) is 2.84. The molecule has 0 aromatic heterocycles.